The highest BCUT2D eigenvalue weighted by molar-refractivity contribution is 5.49. The second-order valence-corrected chi connectivity index (χ2v) is 5.00. The molecule has 0 fully saturated rings. The van der Waals surface area contributed by atoms with Crippen LogP contribution in [0.25, 0.3) is 0 Å². The van der Waals surface area contributed by atoms with Crippen molar-refractivity contribution in [1.82, 2.24) is 4.98 Å². The number of hydrogen-bond acceptors (Lipinski definition) is 5. The second kappa shape index (κ2) is 7.24. The SMILES string of the molecule is C=CC1=C(CC)[C@H](CNc2cnccc2C(O)O)CCO1. The number of hydrogen-bond donors (Lipinski definition) is 3. The molecule has 0 saturated carbocycles. The van der Waals surface area contributed by atoms with Crippen molar-refractivity contribution in [3.05, 3.63) is 48.0 Å². The Hall–Kier alpha value is -1.85. The number of ether oxygens (including phenoxy) is 1. The van der Waals surface area contributed by atoms with E-state index in [1.165, 1.54) is 5.57 Å². The fraction of sp³-hybridized carbons (Fsp3) is 0.438. The quantitative estimate of drug-likeness (QED) is 0.701. The normalized spacial score (nSPS) is 18.6. The molecule has 2 heterocycles. The van der Waals surface area contributed by atoms with Gasteiger partial charge in [0, 0.05) is 24.2 Å². The van der Waals surface area contributed by atoms with Crippen LogP contribution in [0.2, 0.25) is 0 Å². The average Bonchev–Trinajstić information content (AvgIpc) is 2.52. The first-order chi connectivity index (χ1) is 10.2. The molecule has 1 atom stereocenters. The van der Waals surface area contributed by atoms with Crippen molar-refractivity contribution in [1.29, 1.82) is 0 Å². The number of aromatic nitrogens is 1. The lowest BCUT2D eigenvalue weighted by molar-refractivity contribution is -0.0419. The molecule has 1 aliphatic rings. The van der Waals surface area contributed by atoms with Gasteiger partial charge >= 0.3 is 0 Å². The van der Waals surface area contributed by atoms with Crippen molar-refractivity contribution < 1.29 is 14.9 Å². The summed E-state index contributed by atoms with van der Waals surface area (Å²) in [5.74, 6) is 1.23. The van der Waals surface area contributed by atoms with E-state index in [1.807, 2.05) is 0 Å². The van der Waals surface area contributed by atoms with E-state index in [9.17, 15) is 10.2 Å². The van der Waals surface area contributed by atoms with Crippen molar-refractivity contribution in [3.8, 4) is 0 Å². The van der Waals surface area contributed by atoms with Crippen LogP contribution in [-0.4, -0.2) is 28.3 Å². The number of rotatable bonds is 6. The van der Waals surface area contributed by atoms with E-state index in [0.29, 0.717) is 30.3 Å². The predicted octanol–water partition coefficient (Wildman–Crippen LogP) is 2.36. The van der Waals surface area contributed by atoms with E-state index >= 15 is 0 Å². The summed E-state index contributed by atoms with van der Waals surface area (Å²) in [6, 6.07) is 1.60. The Labute approximate surface area is 125 Å². The molecule has 1 aliphatic heterocycles. The van der Waals surface area contributed by atoms with E-state index in [1.54, 1.807) is 24.5 Å². The molecule has 114 valence electrons. The first kappa shape index (κ1) is 15.5. The largest absolute Gasteiger partial charge is 0.494 e. The van der Waals surface area contributed by atoms with Gasteiger partial charge in [-0.15, -0.1) is 0 Å². The van der Waals surface area contributed by atoms with Gasteiger partial charge in [-0.1, -0.05) is 13.5 Å². The lowest BCUT2D eigenvalue weighted by atomic mass is 9.90. The number of aliphatic hydroxyl groups is 2. The Kier molecular flexibility index (Phi) is 5.36. The fourth-order valence-corrected chi connectivity index (χ4v) is 2.67. The molecule has 1 aromatic heterocycles. The van der Waals surface area contributed by atoms with Crippen molar-refractivity contribution >= 4 is 5.69 Å². The monoisotopic (exact) mass is 290 g/mol. The van der Waals surface area contributed by atoms with Gasteiger partial charge < -0.3 is 20.3 Å². The van der Waals surface area contributed by atoms with Gasteiger partial charge in [0.05, 0.1) is 18.5 Å². The smallest absolute Gasteiger partial charge is 0.180 e. The molecule has 5 heteroatoms. The molecule has 0 aromatic carbocycles. The first-order valence-electron chi connectivity index (χ1n) is 7.19. The van der Waals surface area contributed by atoms with Gasteiger partial charge in [0.1, 0.15) is 5.76 Å². The van der Waals surface area contributed by atoms with Crippen molar-refractivity contribution in [2.45, 2.75) is 26.1 Å². The topological polar surface area (TPSA) is 74.6 Å². The van der Waals surface area contributed by atoms with E-state index in [2.05, 4.69) is 23.8 Å². The van der Waals surface area contributed by atoms with Gasteiger partial charge in [-0.25, -0.2) is 0 Å². The molecule has 0 spiro atoms. The zero-order valence-corrected chi connectivity index (χ0v) is 12.2. The molecule has 0 saturated heterocycles. The third-order valence-electron chi connectivity index (χ3n) is 3.77. The Morgan fingerprint density at radius 2 is 2.38 bits per heavy atom. The van der Waals surface area contributed by atoms with Crippen LogP contribution >= 0.6 is 0 Å². The van der Waals surface area contributed by atoms with Gasteiger partial charge in [-0.3, -0.25) is 4.98 Å². The number of aliphatic hydroxyl groups excluding tert-OH is 1. The molecule has 0 radical (unpaired) electrons. The first-order valence-corrected chi connectivity index (χ1v) is 7.19. The van der Waals surface area contributed by atoms with Crippen LogP contribution in [0.4, 0.5) is 5.69 Å². The lowest BCUT2D eigenvalue weighted by Gasteiger charge is -2.28. The third-order valence-corrected chi connectivity index (χ3v) is 3.77. The summed E-state index contributed by atoms with van der Waals surface area (Å²) in [5.41, 5.74) is 2.33. The van der Waals surface area contributed by atoms with Crippen LogP contribution in [0.15, 0.2) is 42.4 Å². The number of anilines is 1. The highest BCUT2D eigenvalue weighted by Gasteiger charge is 2.22. The summed E-state index contributed by atoms with van der Waals surface area (Å²) in [6.45, 7) is 7.28. The van der Waals surface area contributed by atoms with Crippen molar-refractivity contribution in [2.24, 2.45) is 5.92 Å². The van der Waals surface area contributed by atoms with Crippen LogP contribution in [0.1, 0.15) is 31.6 Å². The number of nitrogens with zero attached hydrogens (tertiary/aromatic N) is 1. The maximum Gasteiger partial charge on any atom is 0.180 e. The molecule has 0 amide bonds. The standard InChI is InChI=1S/C16H22N2O3/c1-3-12-11(6-8-21-15(12)4-2)9-18-14-10-17-7-5-13(14)16(19)20/h4-5,7,10-11,16,18-20H,2-3,6,8-9H2,1H3/t11-/m0/s1. The third kappa shape index (κ3) is 3.62. The van der Waals surface area contributed by atoms with Crippen molar-refractivity contribution in [2.75, 3.05) is 18.5 Å². The zero-order chi connectivity index (χ0) is 15.2. The molecule has 3 N–H and O–H groups in total. The minimum absolute atomic E-state index is 0.348. The number of pyridine rings is 1. The van der Waals surface area contributed by atoms with E-state index in [-0.39, 0.29) is 0 Å². The molecule has 0 bridgehead atoms. The zero-order valence-electron chi connectivity index (χ0n) is 12.2. The van der Waals surface area contributed by atoms with Gasteiger partial charge in [0.15, 0.2) is 6.29 Å². The van der Waals surface area contributed by atoms with E-state index < -0.39 is 6.29 Å². The van der Waals surface area contributed by atoms with Crippen molar-refractivity contribution in [3.63, 3.8) is 0 Å². The minimum atomic E-state index is -1.50. The summed E-state index contributed by atoms with van der Waals surface area (Å²) in [6.07, 6.45) is 5.26. The minimum Gasteiger partial charge on any atom is -0.494 e. The molecule has 0 unspecified atom stereocenters. The molecule has 21 heavy (non-hydrogen) atoms. The number of allylic oxidation sites excluding steroid dienone is 1. The maximum absolute atomic E-state index is 9.36. The molecule has 0 aliphatic carbocycles. The highest BCUT2D eigenvalue weighted by atomic mass is 16.5. The molecule has 1 aromatic rings. The Morgan fingerprint density at radius 1 is 1.57 bits per heavy atom. The van der Waals surface area contributed by atoms with Crippen LogP contribution in [0, 0.1) is 5.92 Å². The summed E-state index contributed by atoms with van der Waals surface area (Å²) in [7, 11) is 0. The predicted molar refractivity (Wildman–Crippen MR) is 81.5 cm³/mol. The Morgan fingerprint density at radius 3 is 3.05 bits per heavy atom. The van der Waals surface area contributed by atoms with Gasteiger partial charge in [-0.05, 0) is 30.6 Å². The summed E-state index contributed by atoms with van der Waals surface area (Å²) in [4.78, 5) is 4.02. The number of nitrogens with one attached hydrogen (secondary N) is 1. The van der Waals surface area contributed by atoms with Crippen LogP contribution in [0.5, 0.6) is 0 Å². The molecule has 2 rings (SSSR count). The van der Waals surface area contributed by atoms with Crippen LogP contribution in [0.3, 0.4) is 0 Å². The summed E-state index contributed by atoms with van der Waals surface area (Å²) in [5, 5.41) is 22.0. The summed E-state index contributed by atoms with van der Waals surface area (Å²) >= 11 is 0. The lowest BCUT2D eigenvalue weighted by Crippen LogP contribution is -2.24. The fourth-order valence-electron chi connectivity index (χ4n) is 2.67. The van der Waals surface area contributed by atoms with E-state index in [0.717, 1.165) is 18.6 Å². The Bertz CT molecular complexity index is 526. The molecular weight excluding hydrogens is 268 g/mol. The molecular formula is C16H22N2O3. The second-order valence-electron chi connectivity index (χ2n) is 5.00. The van der Waals surface area contributed by atoms with Crippen LogP contribution < -0.4 is 5.32 Å². The van der Waals surface area contributed by atoms with Gasteiger partial charge in [0.2, 0.25) is 0 Å². The van der Waals surface area contributed by atoms with Gasteiger partial charge in [-0.2, -0.15) is 0 Å². The maximum atomic E-state index is 9.36. The average molecular weight is 290 g/mol. The van der Waals surface area contributed by atoms with Crippen LogP contribution in [-0.2, 0) is 4.74 Å². The molecule has 5 nitrogen and oxygen atoms in total. The Balaban J connectivity index is 2.11. The van der Waals surface area contributed by atoms with Gasteiger partial charge in [0.25, 0.3) is 0 Å². The highest BCUT2D eigenvalue weighted by Crippen LogP contribution is 2.29. The summed E-state index contributed by atoms with van der Waals surface area (Å²) < 4.78 is 5.62. The van der Waals surface area contributed by atoms with E-state index in [4.69, 9.17) is 4.74 Å².